The third-order valence-electron chi connectivity index (χ3n) is 3.45. The van der Waals surface area contributed by atoms with Crippen LogP contribution in [-0.2, 0) is 5.75 Å². The van der Waals surface area contributed by atoms with Gasteiger partial charge in [0, 0.05) is 28.6 Å². The number of para-hydroxylation sites is 1. The molecule has 0 spiro atoms. The minimum atomic E-state index is -0.359. The standard InChI is InChI=1S/C18H15N3O2S/c1-13-11-16(14-7-3-2-4-8-14)20-18(19-13)24-12-15-9-5-6-10-17(15)21(22)23/h2-11H,12H2,1H3. The molecular weight excluding hydrogens is 322 g/mol. The first-order chi connectivity index (χ1) is 11.6. The Morgan fingerprint density at radius 1 is 1.04 bits per heavy atom. The highest BCUT2D eigenvalue weighted by molar-refractivity contribution is 7.98. The van der Waals surface area contributed by atoms with Gasteiger partial charge in [-0.1, -0.05) is 60.3 Å². The van der Waals surface area contributed by atoms with Gasteiger partial charge >= 0.3 is 0 Å². The molecule has 0 unspecified atom stereocenters. The predicted molar refractivity (Wildman–Crippen MR) is 94.9 cm³/mol. The minimum absolute atomic E-state index is 0.126. The average molecular weight is 337 g/mol. The summed E-state index contributed by atoms with van der Waals surface area (Å²) in [5.41, 5.74) is 3.54. The molecule has 1 heterocycles. The number of hydrogen-bond acceptors (Lipinski definition) is 5. The smallest absolute Gasteiger partial charge is 0.258 e. The second-order valence-electron chi connectivity index (χ2n) is 5.22. The van der Waals surface area contributed by atoms with Gasteiger partial charge in [0.1, 0.15) is 0 Å². The highest BCUT2D eigenvalue weighted by atomic mass is 32.2. The molecule has 5 nitrogen and oxygen atoms in total. The van der Waals surface area contributed by atoms with E-state index in [1.807, 2.05) is 43.3 Å². The molecule has 1 aromatic heterocycles. The van der Waals surface area contributed by atoms with Crippen molar-refractivity contribution in [2.75, 3.05) is 0 Å². The van der Waals surface area contributed by atoms with Crippen molar-refractivity contribution in [1.82, 2.24) is 9.97 Å². The highest BCUT2D eigenvalue weighted by Gasteiger charge is 2.13. The van der Waals surface area contributed by atoms with Crippen molar-refractivity contribution in [2.24, 2.45) is 0 Å². The summed E-state index contributed by atoms with van der Waals surface area (Å²) >= 11 is 1.40. The number of aromatic nitrogens is 2. The molecule has 0 aliphatic rings. The Kier molecular flexibility index (Phi) is 4.86. The van der Waals surface area contributed by atoms with Crippen LogP contribution in [0.4, 0.5) is 5.69 Å². The van der Waals surface area contributed by atoms with Crippen LogP contribution < -0.4 is 0 Å². The van der Waals surface area contributed by atoms with E-state index in [-0.39, 0.29) is 10.6 Å². The summed E-state index contributed by atoms with van der Waals surface area (Å²) in [6.07, 6.45) is 0. The number of benzene rings is 2. The molecule has 3 rings (SSSR count). The van der Waals surface area contributed by atoms with Crippen molar-refractivity contribution in [2.45, 2.75) is 17.8 Å². The van der Waals surface area contributed by atoms with Crippen molar-refractivity contribution in [1.29, 1.82) is 0 Å². The fourth-order valence-corrected chi connectivity index (χ4v) is 3.22. The summed E-state index contributed by atoms with van der Waals surface area (Å²) < 4.78 is 0. The zero-order valence-electron chi connectivity index (χ0n) is 13.0. The number of nitro groups is 1. The van der Waals surface area contributed by atoms with Gasteiger partial charge in [0.2, 0.25) is 0 Å². The first-order valence-electron chi connectivity index (χ1n) is 7.39. The molecule has 0 radical (unpaired) electrons. The summed E-state index contributed by atoms with van der Waals surface area (Å²) in [7, 11) is 0. The molecule has 24 heavy (non-hydrogen) atoms. The van der Waals surface area contributed by atoms with Gasteiger partial charge in [-0.3, -0.25) is 10.1 Å². The van der Waals surface area contributed by atoms with E-state index in [2.05, 4.69) is 9.97 Å². The molecule has 2 aromatic carbocycles. The quantitative estimate of drug-likeness (QED) is 0.293. The second kappa shape index (κ2) is 7.23. The lowest BCUT2D eigenvalue weighted by Gasteiger charge is -2.06. The Morgan fingerprint density at radius 3 is 2.50 bits per heavy atom. The van der Waals surface area contributed by atoms with E-state index in [0.29, 0.717) is 16.5 Å². The van der Waals surface area contributed by atoms with Crippen molar-refractivity contribution in [3.8, 4) is 11.3 Å². The zero-order chi connectivity index (χ0) is 16.9. The molecule has 0 atom stereocenters. The molecule has 0 bridgehead atoms. The Bertz CT molecular complexity index is 869. The Hall–Kier alpha value is -2.73. The largest absolute Gasteiger partial charge is 0.273 e. The Morgan fingerprint density at radius 2 is 1.75 bits per heavy atom. The van der Waals surface area contributed by atoms with Gasteiger partial charge in [-0.15, -0.1) is 0 Å². The lowest BCUT2D eigenvalue weighted by atomic mass is 10.1. The maximum atomic E-state index is 11.1. The van der Waals surface area contributed by atoms with Crippen LogP contribution in [0.1, 0.15) is 11.3 Å². The van der Waals surface area contributed by atoms with Crippen LogP contribution in [0.25, 0.3) is 11.3 Å². The van der Waals surface area contributed by atoms with Gasteiger partial charge in [0.25, 0.3) is 5.69 Å². The lowest BCUT2D eigenvalue weighted by molar-refractivity contribution is -0.385. The van der Waals surface area contributed by atoms with Gasteiger partial charge in [-0.05, 0) is 13.0 Å². The van der Waals surface area contributed by atoms with Crippen LogP contribution in [0.15, 0.2) is 65.8 Å². The van der Waals surface area contributed by atoms with Gasteiger partial charge in [0.05, 0.1) is 10.6 Å². The summed E-state index contributed by atoms with van der Waals surface area (Å²) in [6, 6.07) is 18.6. The molecule has 120 valence electrons. The molecular formula is C18H15N3O2S. The van der Waals surface area contributed by atoms with Gasteiger partial charge in [-0.25, -0.2) is 9.97 Å². The fourth-order valence-electron chi connectivity index (χ4n) is 2.32. The van der Waals surface area contributed by atoms with Crippen LogP contribution in [0, 0.1) is 17.0 Å². The SMILES string of the molecule is Cc1cc(-c2ccccc2)nc(SCc2ccccc2[N+](=O)[O-])n1. The minimum Gasteiger partial charge on any atom is -0.258 e. The van der Waals surface area contributed by atoms with Crippen LogP contribution in [-0.4, -0.2) is 14.9 Å². The summed E-state index contributed by atoms with van der Waals surface area (Å²) in [5, 5.41) is 11.7. The van der Waals surface area contributed by atoms with Gasteiger partial charge in [0.15, 0.2) is 5.16 Å². The van der Waals surface area contributed by atoms with E-state index in [9.17, 15) is 10.1 Å². The van der Waals surface area contributed by atoms with Crippen molar-refractivity contribution in [3.63, 3.8) is 0 Å². The molecule has 6 heteroatoms. The molecule has 3 aromatic rings. The van der Waals surface area contributed by atoms with E-state index < -0.39 is 0 Å². The molecule has 0 N–H and O–H groups in total. The molecule has 0 amide bonds. The van der Waals surface area contributed by atoms with E-state index in [1.165, 1.54) is 17.8 Å². The first-order valence-corrected chi connectivity index (χ1v) is 8.38. The normalized spacial score (nSPS) is 10.5. The third kappa shape index (κ3) is 3.78. The average Bonchev–Trinajstić information content (AvgIpc) is 2.60. The summed E-state index contributed by atoms with van der Waals surface area (Å²) in [6.45, 7) is 1.92. The number of nitro benzene ring substituents is 1. The molecule has 0 saturated carbocycles. The number of aryl methyl sites for hydroxylation is 1. The van der Waals surface area contributed by atoms with E-state index >= 15 is 0 Å². The molecule has 0 fully saturated rings. The molecule has 0 aliphatic heterocycles. The first kappa shape index (κ1) is 16.1. The Balaban J connectivity index is 1.84. The fraction of sp³-hybridized carbons (Fsp3) is 0.111. The van der Waals surface area contributed by atoms with E-state index in [1.54, 1.807) is 18.2 Å². The summed E-state index contributed by atoms with van der Waals surface area (Å²) in [5.74, 6) is 0.453. The molecule has 0 saturated heterocycles. The second-order valence-corrected chi connectivity index (χ2v) is 6.16. The topological polar surface area (TPSA) is 68.9 Å². The van der Waals surface area contributed by atoms with Crippen molar-refractivity contribution in [3.05, 3.63) is 82.0 Å². The van der Waals surface area contributed by atoms with Crippen LogP contribution >= 0.6 is 11.8 Å². The Labute approximate surface area is 143 Å². The monoisotopic (exact) mass is 337 g/mol. The third-order valence-corrected chi connectivity index (χ3v) is 4.34. The zero-order valence-corrected chi connectivity index (χ0v) is 13.9. The van der Waals surface area contributed by atoms with Gasteiger partial charge < -0.3 is 0 Å². The van der Waals surface area contributed by atoms with E-state index in [4.69, 9.17) is 0 Å². The number of thioether (sulfide) groups is 1. The molecule has 0 aliphatic carbocycles. The maximum Gasteiger partial charge on any atom is 0.273 e. The van der Waals surface area contributed by atoms with E-state index in [0.717, 1.165) is 17.0 Å². The predicted octanol–water partition coefficient (Wildman–Crippen LogP) is 4.65. The van der Waals surface area contributed by atoms with Crippen LogP contribution in [0.2, 0.25) is 0 Å². The number of rotatable bonds is 5. The lowest BCUT2D eigenvalue weighted by Crippen LogP contribution is -1.96. The van der Waals surface area contributed by atoms with Crippen molar-refractivity contribution >= 4 is 17.4 Å². The summed E-state index contributed by atoms with van der Waals surface area (Å²) in [4.78, 5) is 19.7. The van der Waals surface area contributed by atoms with Gasteiger partial charge in [-0.2, -0.15) is 0 Å². The van der Waals surface area contributed by atoms with Crippen LogP contribution in [0.3, 0.4) is 0 Å². The maximum absolute atomic E-state index is 11.1. The number of nitrogens with zero attached hydrogens (tertiary/aromatic N) is 3. The van der Waals surface area contributed by atoms with Crippen LogP contribution in [0.5, 0.6) is 0 Å². The van der Waals surface area contributed by atoms with Crippen molar-refractivity contribution < 1.29 is 4.92 Å². The number of hydrogen-bond donors (Lipinski definition) is 0. The highest BCUT2D eigenvalue weighted by Crippen LogP contribution is 2.27.